The summed E-state index contributed by atoms with van der Waals surface area (Å²) in [6.45, 7) is 8.19. The van der Waals surface area contributed by atoms with Crippen molar-refractivity contribution in [2.45, 2.75) is 33.6 Å². The van der Waals surface area contributed by atoms with E-state index in [1.807, 2.05) is 0 Å². The number of rotatable bonds is 7. The molecule has 2 heterocycles. The van der Waals surface area contributed by atoms with Crippen molar-refractivity contribution in [2.24, 2.45) is 5.92 Å². The zero-order chi connectivity index (χ0) is 15.2. The fourth-order valence-electron chi connectivity index (χ4n) is 2.10. The van der Waals surface area contributed by atoms with Crippen LogP contribution in [0.4, 0.5) is 5.95 Å². The smallest absolute Gasteiger partial charge is 0.258 e. The van der Waals surface area contributed by atoms with Gasteiger partial charge in [-0.2, -0.15) is 24.7 Å². The Labute approximate surface area is 129 Å². The van der Waals surface area contributed by atoms with Gasteiger partial charge in [-0.25, -0.2) is 4.98 Å². The molecule has 0 saturated heterocycles. The molecule has 0 aliphatic rings. The molecule has 2 aromatic heterocycles. The first-order chi connectivity index (χ1) is 10.2. The second kappa shape index (κ2) is 7.31. The molecule has 8 heteroatoms. The van der Waals surface area contributed by atoms with Gasteiger partial charge in [0.15, 0.2) is 0 Å². The minimum absolute atomic E-state index is 0.161. The Hall–Kier alpha value is -1.76. The van der Waals surface area contributed by atoms with E-state index in [0.717, 1.165) is 25.9 Å². The minimum Gasteiger partial charge on any atom is -0.341 e. The average Bonchev–Trinajstić information content (AvgIpc) is 3.02. The summed E-state index contributed by atoms with van der Waals surface area (Å²) in [5.74, 6) is 1.57. The highest BCUT2D eigenvalue weighted by Crippen LogP contribution is 2.17. The summed E-state index contributed by atoms with van der Waals surface area (Å²) < 4.78 is 1.47. The van der Waals surface area contributed by atoms with E-state index in [1.54, 1.807) is 0 Å². The summed E-state index contributed by atoms with van der Waals surface area (Å²) in [7, 11) is 0. The molecule has 0 aromatic carbocycles. The van der Waals surface area contributed by atoms with Crippen molar-refractivity contribution in [3.8, 4) is 5.95 Å². The monoisotopic (exact) mass is 309 g/mol. The number of anilines is 1. The van der Waals surface area contributed by atoms with Crippen molar-refractivity contribution in [3.05, 3.63) is 17.9 Å². The second-order valence-corrected chi connectivity index (χ2v) is 5.10. The molecular weight excluding hydrogens is 290 g/mol. The van der Waals surface area contributed by atoms with Crippen molar-refractivity contribution in [1.29, 1.82) is 0 Å². The molecule has 0 spiro atoms. The molecule has 0 atom stereocenters. The van der Waals surface area contributed by atoms with Gasteiger partial charge in [0.2, 0.25) is 11.2 Å². The number of hydrogen-bond acceptors (Lipinski definition) is 6. The Kier molecular flexibility index (Phi) is 5.44. The molecule has 0 aliphatic carbocycles. The van der Waals surface area contributed by atoms with Gasteiger partial charge in [0, 0.05) is 13.1 Å². The van der Waals surface area contributed by atoms with Crippen molar-refractivity contribution < 1.29 is 0 Å². The Balaban J connectivity index is 2.29. The lowest BCUT2D eigenvalue weighted by Gasteiger charge is -2.25. The Morgan fingerprint density at radius 3 is 2.52 bits per heavy atom. The van der Waals surface area contributed by atoms with Crippen LogP contribution in [-0.2, 0) is 0 Å². The van der Waals surface area contributed by atoms with Crippen LogP contribution < -0.4 is 4.90 Å². The van der Waals surface area contributed by atoms with Gasteiger partial charge < -0.3 is 4.90 Å². The third-order valence-corrected chi connectivity index (χ3v) is 3.68. The van der Waals surface area contributed by atoms with Gasteiger partial charge in [-0.05, 0) is 24.4 Å². The van der Waals surface area contributed by atoms with Crippen LogP contribution in [0.3, 0.4) is 0 Å². The third-order valence-electron chi connectivity index (χ3n) is 3.51. The van der Waals surface area contributed by atoms with E-state index in [9.17, 15) is 0 Å². The lowest BCUT2D eigenvalue weighted by molar-refractivity contribution is 0.482. The summed E-state index contributed by atoms with van der Waals surface area (Å²) >= 11 is 6.02. The standard InChI is InChI=1S/C13H20ClN7/c1-4-10(5-2)7-20(6-3)12-17-11(14)18-13(19-12)21-9-15-8-16-21/h8-10H,4-7H2,1-3H3. The predicted octanol–water partition coefficient (Wildman–Crippen LogP) is 2.37. The van der Waals surface area contributed by atoms with Crippen LogP contribution in [0.2, 0.25) is 5.28 Å². The maximum absolute atomic E-state index is 6.02. The van der Waals surface area contributed by atoms with Crippen molar-refractivity contribution in [2.75, 3.05) is 18.0 Å². The van der Waals surface area contributed by atoms with Crippen LogP contribution in [0.15, 0.2) is 12.7 Å². The molecule has 21 heavy (non-hydrogen) atoms. The highest BCUT2D eigenvalue weighted by molar-refractivity contribution is 6.28. The lowest BCUT2D eigenvalue weighted by atomic mass is 10.0. The van der Waals surface area contributed by atoms with Crippen LogP contribution in [0, 0.1) is 5.92 Å². The van der Waals surface area contributed by atoms with Gasteiger partial charge in [-0.15, -0.1) is 0 Å². The molecule has 0 saturated carbocycles. The van der Waals surface area contributed by atoms with Crippen LogP contribution in [-0.4, -0.2) is 42.8 Å². The van der Waals surface area contributed by atoms with Gasteiger partial charge in [0.25, 0.3) is 5.95 Å². The second-order valence-electron chi connectivity index (χ2n) is 4.77. The zero-order valence-corrected chi connectivity index (χ0v) is 13.3. The van der Waals surface area contributed by atoms with E-state index >= 15 is 0 Å². The van der Waals surface area contributed by atoms with Gasteiger partial charge in [-0.1, -0.05) is 26.7 Å². The van der Waals surface area contributed by atoms with Crippen molar-refractivity contribution in [1.82, 2.24) is 29.7 Å². The van der Waals surface area contributed by atoms with E-state index in [1.165, 1.54) is 17.3 Å². The minimum atomic E-state index is 0.161. The molecule has 0 amide bonds. The molecule has 0 N–H and O–H groups in total. The fraction of sp³-hybridized carbons (Fsp3) is 0.615. The van der Waals surface area contributed by atoms with Gasteiger partial charge in [0.05, 0.1) is 0 Å². The number of aromatic nitrogens is 6. The SMILES string of the molecule is CCC(CC)CN(CC)c1nc(Cl)nc(-n2cncn2)n1. The summed E-state index contributed by atoms with van der Waals surface area (Å²) in [4.78, 5) is 18.8. The van der Waals surface area contributed by atoms with Crippen LogP contribution in [0.25, 0.3) is 5.95 Å². The molecule has 0 radical (unpaired) electrons. The number of nitrogens with zero attached hydrogens (tertiary/aromatic N) is 7. The van der Waals surface area contributed by atoms with E-state index in [0.29, 0.717) is 17.8 Å². The summed E-state index contributed by atoms with van der Waals surface area (Å²) in [5.41, 5.74) is 0. The molecule has 114 valence electrons. The molecule has 0 aliphatic heterocycles. The molecule has 7 nitrogen and oxygen atoms in total. The molecule has 0 unspecified atom stereocenters. The van der Waals surface area contributed by atoms with E-state index in [-0.39, 0.29) is 5.28 Å². The third kappa shape index (κ3) is 3.87. The van der Waals surface area contributed by atoms with E-state index in [2.05, 4.69) is 50.7 Å². The summed E-state index contributed by atoms with van der Waals surface area (Å²) in [5, 5.41) is 4.18. The Morgan fingerprint density at radius 1 is 1.19 bits per heavy atom. The molecule has 2 rings (SSSR count). The largest absolute Gasteiger partial charge is 0.341 e. The predicted molar refractivity (Wildman–Crippen MR) is 81.7 cm³/mol. The molecule has 0 fully saturated rings. The fourth-order valence-corrected chi connectivity index (χ4v) is 2.25. The summed E-state index contributed by atoms with van der Waals surface area (Å²) in [6, 6.07) is 0. The van der Waals surface area contributed by atoms with Crippen molar-refractivity contribution >= 4 is 17.5 Å². The first-order valence-electron chi connectivity index (χ1n) is 7.19. The molecule has 2 aromatic rings. The van der Waals surface area contributed by atoms with Gasteiger partial charge >= 0.3 is 0 Å². The topological polar surface area (TPSA) is 72.6 Å². The lowest BCUT2D eigenvalue weighted by Crippen LogP contribution is -2.31. The van der Waals surface area contributed by atoms with E-state index in [4.69, 9.17) is 11.6 Å². The molecular formula is C13H20ClN7. The van der Waals surface area contributed by atoms with E-state index < -0.39 is 0 Å². The molecule has 0 bridgehead atoms. The highest BCUT2D eigenvalue weighted by atomic mass is 35.5. The van der Waals surface area contributed by atoms with Crippen LogP contribution in [0.1, 0.15) is 33.6 Å². The zero-order valence-electron chi connectivity index (χ0n) is 12.6. The average molecular weight is 310 g/mol. The van der Waals surface area contributed by atoms with Crippen LogP contribution in [0.5, 0.6) is 0 Å². The van der Waals surface area contributed by atoms with Crippen molar-refractivity contribution in [3.63, 3.8) is 0 Å². The van der Waals surface area contributed by atoms with Gasteiger partial charge in [-0.3, -0.25) is 0 Å². The Morgan fingerprint density at radius 2 is 1.95 bits per heavy atom. The number of halogens is 1. The highest BCUT2D eigenvalue weighted by Gasteiger charge is 2.16. The van der Waals surface area contributed by atoms with Gasteiger partial charge in [0.1, 0.15) is 12.7 Å². The quantitative estimate of drug-likeness (QED) is 0.782. The maximum Gasteiger partial charge on any atom is 0.258 e. The Bertz CT molecular complexity index is 554. The number of hydrogen-bond donors (Lipinski definition) is 0. The summed E-state index contributed by atoms with van der Waals surface area (Å²) in [6.07, 6.45) is 5.22. The first-order valence-corrected chi connectivity index (χ1v) is 7.57. The first kappa shape index (κ1) is 15.6. The normalized spacial score (nSPS) is 11.1. The van der Waals surface area contributed by atoms with Crippen LogP contribution >= 0.6 is 11.6 Å². The maximum atomic E-state index is 6.02.